The smallest absolute Gasteiger partial charge is 0.314 e. The van der Waals surface area contributed by atoms with Crippen molar-refractivity contribution in [3.63, 3.8) is 0 Å². The summed E-state index contributed by atoms with van der Waals surface area (Å²) in [6.07, 6.45) is 2.01. The summed E-state index contributed by atoms with van der Waals surface area (Å²) in [4.78, 5) is 13.2. The highest BCUT2D eigenvalue weighted by atomic mass is 16.5. The van der Waals surface area contributed by atoms with E-state index >= 15 is 0 Å². The lowest BCUT2D eigenvalue weighted by molar-refractivity contribution is -0.921. The number of carbonyl (C=O) groups excluding carboxylic acids is 1. The highest BCUT2D eigenvalue weighted by molar-refractivity contribution is 5.72. The van der Waals surface area contributed by atoms with E-state index in [1.807, 2.05) is 19.1 Å². The van der Waals surface area contributed by atoms with Crippen LogP contribution in [0.4, 0.5) is 0 Å². The Morgan fingerprint density at radius 3 is 2.84 bits per heavy atom. The van der Waals surface area contributed by atoms with Crippen LogP contribution in [-0.4, -0.2) is 30.8 Å². The fourth-order valence-electron chi connectivity index (χ4n) is 2.68. The Balaban J connectivity index is 1.90. The molecule has 0 spiro atoms. The Kier molecular flexibility index (Phi) is 4.80. The molecule has 0 saturated carbocycles. The maximum Gasteiger partial charge on any atom is 0.314 e. The average molecular weight is 264 g/mol. The summed E-state index contributed by atoms with van der Waals surface area (Å²) in [6.45, 7) is 5.15. The molecule has 104 valence electrons. The number of carbonyl (C=O) groups is 1. The van der Waals surface area contributed by atoms with E-state index in [-0.39, 0.29) is 11.9 Å². The third-order valence-corrected chi connectivity index (χ3v) is 3.63. The highest BCUT2D eigenvalue weighted by Crippen LogP contribution is 2.11. The number of hydrogen-bond donors (Lipinski definition) is 2. The Hall–Kier alpha value is -1.55. The van der Waals surface area contributed by atoms with Gasteiger partial charge in [0.05, 0.1) is 19.7 Å². The summed E-state index contributed by atoms with van der Waals surface area (Å²) in [5.74, 6) is 0.285. The van der Waals surface area contributed by atoms with Crippen LogP contribution >= 0.6 is 0 Å². The van der Waals surface area contributed by atoms with Gasteiger partial charge < -0.3 is 14.7 Å². The van der Waals surface area contributed by atoms with E-state index in [1.54, 1.807) is 12.1 Å². The summed E-state index contributed by atoms with van der Waals surface area (Å²) in [7, 11) is 0. The van der Waals surface area contributed by atoms with E-state index in [0.29, 0.717) is 12.4 Å². The predicted octanol–water partition coefficient (Wildman–Crippen LogP) is 0.750. The fourth-order valence-corrected chi connectivity index (χ4v) is 2.68. The van der Waals surface area contributed by atoms with Crippen molar-refractivity contribution in [1.29, 1.82) is 0 Å². The third kappa shape index (κ3) is 3.96. The van der Waals surface area contributed by atoms with Gasteiger partial charge in [-0.15, -0.1) is 0 Å². The molecule has 2 N–H and O–H groups in total. The molecule has 0 aliphatic carbocycles. The second-order valence-electron chi connectivity index (χ2n) is 5.14. The SMILES string of the molecule is CCOC(=O)[C@@H]1CCC[NH+](Cc2ccc(O)cc2)C1. The first-order valence-electron chi connectivity index (χ1n) is 6.97. The van der Waals surface area contributed by atoms with Gasteiger partial charge in [-0.1, -0.05) is 0 Å². The van der Waals surface area contributed by atoms with Gasteiger partial charge in [-0.05, 0) is 44.0 Å². The minimum Gasteiger partial charge on any atom is -0.508 e. The van der Waals surface area contributed by atoms with Gasteiger partial charge in [0.25, 0.3) is 0 Å². The summed E-state index contributed by atoms with van der Waals surface area (Å²) in [5, 5.41) is 9.27. The summed E-state index contributed by atoms with van der Waals surface area (Å²) < 4.78 is 5.11. The van der Waals surface area contributed by atoms with E-state index in [2.05, 4.69) is 0 Å². The monoisotopic (exact) mass is 264 g/mol. The van der Waals surface area contributed by atoms with Gasteiger partial charge in [0, 0.05) is 5.56 Å². The van der Waals surface area contributed by atoms with Crippen molar-refractivity contribution in [3.05, 3.63) is 29.8 Å². The Morgan fingerprint density at radius 1 is 1.42 bits per heavy atom. The lowest BCUT2D eigenvalue weighted by Gasteiger charge is -2.28. The number of aromatic hydroxyl groups is 1. The van der Waals surface area contributed by atoms with Crippen LogP contribution in [0.1, 0.15) is 25.3 Å². The molecule has 0 aromatic heterocycles. The zero-order valence-electron chi connectivity index (χ0n) is 11.4. The van der Waals surface area contributed by atoms with Crippen LogP contribution in [0.25, 0.3) is 0 Å². The summed E-state index contributed by atoms with van der Waals surface area (Å²) in [6, 6.07) is 7.30. The molecule has 1 aromatic carbocycles. The molecule has 1 saturated heterocycles. The first kappa shape index (κ1) is 13.9. The number of ether oxygens (including phenoxy) is 1. The molecule has 4 heteroatoms. The second kappa shape index (κ2) is 6.57. The van der Waals surface area contributed by atoms with Crippen molar-refractivity contribution < 1.29 is 19.5 Å². The van der Waals surface area contributed by atoms with E-state index < -0.39 is 0 Å². The van der Waals surface area contributed by atoms with Crippen LogP contribution < -0.4 is 4.90 Å². The quantitative estimate of drug-likeness (QED) is 0.789. The molecule has 1 fully saturated rings. The standard InChI is InChI=1S/C15H21NO3/c1-2-19-15(18)13-4-3-9-16(11-13)10-12-5-7-14(17)8-6-12/h5-8,13,17H,2-4,9-11H2,1H3/p+1/t13-/m1/s1. The van der Waals surface area contributed by atoms with Gasteiger partial charge in [0.15, 0.2) is 0 Å². The van der Waals surface area contributed by atoms with Gasteiger partial charge >= 0.3 is 5.97 Å². The van der Waals surface area contributed by atoms with Crippen molar-refractivity contribution in [2.24, 2.45) is 5.92 Å². The maximum absolute atomic E-state index is 11.8. The van der Waals surface area contributed by atoms with E-state index in [4.69, 9.17) is 4.74 Å². The molecule has 1 aliphatic heterocycles. The van der Waals surface area contributed by atoms with Crippen LogP contribution in [0.15, 0.2) is 24.3 Å². The largest absolute Gasteiger partial charge is 0.508 e. The lowest BCUT2D eigenvalue weighted by Crippen LogP contribution is -3.12. The molecule has 4 nitrogen and oxygen atoms in total. The number of piperidine rings is 1. The van der Waals surface area contributed by atoms with Crippen molar-refractivity contribution >= 4 is 5.97 Å². The lowest BCUT2D eigenvalue weighted by atomic mass is 9.98. The average Bonchev–Trinajstić information content (AvgIpc) is 2.42. The molecule has 0 bridgehead atoms. The number of quaternary nitrogens is 1. The van der Waals surface area contributed by atoms with E-state index in [1.165, 1.54) is 10.5 Å². The molecule has 1 aliphatic rings. The maximum atomic E-state index is 11.8. The van der Waals surface area contributed by atoms with Gasteiger partial charge in [0.1, 0.15) is 18.2 Å². The Bertz CT molecular complexity index is 416. The Labute approximate surface area is 114 Å². The van der Waals surface area contributed by atoms with Crippen LogP contribution in [0, 0.1) is 5.92 Å². The first-order valence-corrected chi connectivity index (χ1v) is 6.97. The number of phenolic OH excluding ortho intramolecular Hbond substituents is 1. The van der Waals surface area contributed by atoms with E-state index in [0.717, 1.165) is 32.5 Å². The van der Waals surface area contributed by atoms with Gasteiger partial charge in [-0.25, -0.2) is 0 Å². The van der Waals surface area contributed by atoms with Gasteiger partial charge in [-0.3, -0.25) is 4.79 Å². The zero-order chi connectivity index (χ0) is 13.7. The molecule has 1 aromatic rings. The number of esters is 1. The number of hydrogen-bond acceptors (Lipinski definition) is 3. The molecule has 2 rings (SSSR count). The number of phenols is 1. The van der Waals surface area contributed by atoms with Gasteiger partial charge in [0.2, 0.25) is 0 Å². The van der Waals surface area contributed by atoms with Crippen molar-refractivity contribution in [1.82, 2.24) is 0 Å². The molecular weight excluding hydrogens is 242 g/mol. The summed E-state index contributed by atoms with van der Waals surface area (Å²) >= 11 is 0. The van der Waals surface area contributed by atoms with Crippen LogP contribution in [0.2, 0.25) is 0 Å². The molecule has 1 unspecified atom stereocenters. The summed E-state index contributed by atoms with van der Waals surface area (Å²) in [5.41, 5.74) is 1.19. The van der Waals surface area contributed by atoms with Gasteiger partial charge in [-0.2, -0.15) is 0 Å². The second-order valence-corrected chi connectivity index (χ2v) is 5.14. The first-order chi connectivity index (χ1) is 9.19. The number of rotatable bonds is 4. The topological polar surface area (TPSA) is 51.0 Å². The number of nitrogens with one attached hydrogen (secondary N) is 1. The highest BCUT2D eigenvalue weighted by Gasteiger charge is 2.29. The van der Waals surface area contributed by atoms with Crippen LogP contribution in [0.3, 0.4) is 0 Å². The van der Waals surface area contributed by atoms with Crippen LogP contribution in [-0.2, 0) is 16.1 Å². The van der Waals surface area contributed by atoms with Crippen molar-refractivity contribution in [2.75, 3.05) is 19.7 Å². The number of benzene rings is 1. The molecule has 0 amide bonds. The predicted molar refractivity (Wildman–Crippen MR) is 71.9 cm³/mol. The minimum atomic E-state index is -0.0505. The van der Waals surface area contributed by atoms with E-state index in [9.17, 15) is 9.90 Å². The molecule has 1 heterocycles. The fraction of sp³-hybridized carbons (Fsp3) is 0.533. The van der Waals surface area contributed by atoms with Crippen LogP contribution in [0.5, 0.6) is 5.75 Å². The molecule has 2 atom stereocenters. The molecule has 19 heavy (non-hydrogen) atoms. The normalized spacial score (nSPS) is 23.0. The Morgan fingerprint density at radius 2 is 2.16 bits per heavy atom. The zero-order valence-corrected chi connectivity index (χ0v) is 11.4. The third-order valence-electron chi connectivity index (χ3n) is 3.63. The molecular formula is C15H22NO3+. The number of likely N-dealkylation sites (tertiary alicyclic amines) is 1. The minimum absolute atomic E-state index is 0.0424. The van der Waals surface area contributed by atoms with Crippen molar-refractivity contribution in [3.8, 4) is 5.75 Å². The molecule has 0 radical (unpaired) electrons. The van der Waals surface area contributed by atoms with Crippen molar-refractivity contribution in [2.45, 2.75) is 26.3 Å².